The molecule has 2 rings (SSSR count). The molecule has 0 saturated carbocycles. The maximum atomic E-state index is 12.2. The van der Waals surface area contributed by atoms with E-state index in [1.165, 1.54) is 11.3 Å². The van der Waals surface area contributed by atoms with E-state index in [0.29, 0.717) is 5.56 Å². The highest BCUT2D eigenvalue weighted by Crippen LogP contribution is 2.21. The van der Waals surface area contributed by atoms with Gasteiger partial charge in [0.05, 0.1) is 15.4 Å². The van der Waals surface area contributed by atoms with Crippen molar-refractivity contribution in [3.8, 4) is 0 Å². The number of rotatable bonds is 5. The first-order chi connectivity index (χ1) is 10.1. The van der Waals surface area contributed by atoms with Crippen molar-refractivity contribution in [2.45, 2.75) is 6.04 Å². The molecule has 0 bridgehead atoms. The van der Waals surface area contributed by atoms with Crippen LogP contribution < -0.4 is 10.6 Å². The minimum absolute atomic E-state index is 0.108. The number of carboxylic acid groups (broad SMARTS) is 1. The van der Waals surface area contributed by atoms with Gasteiger partial charge >= 0.3 is 6.09 Å². The molecule has 0 aliphatic heterocycles. The molecule has 0 aliphatic carbocycles. The minimum atomic E-state index is -1.12. The highest BCUT2D eigenvalue weighted by atomic mass is 79.9. The van der Waals surface area contributed by atoms with Crippen molar-refractivity contribution in [1.82, 2.24) is 10.6 Å². The predicted octanol–water partition coefficient (Wildman–Crippen LogP) is 3.25. The maximum Gasteiger partial charge on any atom is 0.404 e. The largest absolute Gasteiger partial charge is 0.465 e. The Labute approximate surface area is 134 Å². The van der Waals surface area contributed by atoms with Crippen molar-refractivity contribution >= 4 is 39.3 Å². The molecule has 5 nitrogen and oxygen atoms in total. The molecule has 0 aliphatic rings. The zero-order valence-corrected chi connectivity index (χ0v) is 13.3. The first-order valence-electron chi connectivity index (χ1n) is 6.13. The summed E-state index contributed by atoms with van der Waals surface area (Å²) in [7, 11) is 0. The summed E-state index contributed by atoms with van der Waals surface area (Å²) in [4.78, 5) is 22.9. The molecule has 1 aromatic carbocycles. The van der Waals surface area contributed by atoms with Gasteiger partial charge in [-0.1, -0.05) is 30.3 Å². The molecule has 1 atom stereocenters. The Balaban J connectivity index is 2.12. The van der Waals surface area contributed by atoms with E-state index in [4.69, 9.17) is 5.11 Å². The summed E-state index contributed by atoms with van der Waals surface area (Å²) in [5.74, 6) is -0.238. The third-order valence-corrected chi connectivity index (χ3v) is 4.30. The van der Waals surface area contributed by atoms with Crippen LogP contribution in [0, 0.1) is 0 Å². The highest BCUT2D eigenvalue weighted by molar-refractivity contribution is 9.11. The molecular formula is C14H13BrN2O3S. The lowest BCUT2D eigenvalue weighted by Gasteiger charge is -2.18. The van der Waals surface area contributed by atoms with Gasteiger partial charge in [0.1, 0.15) is 0 Å². The zero-order chi connectivity index (χ0) is 15.2. The Morgan fingerprint density at radius 1 is 1.29 bits per heavy atom. The van der Waals surface area contributed by atoms with Gasteiger partial charge in [-0.25, -0.2) is 4.79 Å². The molecule has 2 aromatic rings. The van der Waals surface area contributed by atoms with Crippen LogP contribution in [0.5, 0.6) is 0 Å². The number of carbonyl (C=O) groups excluding carboxylic acids is 1. The molecule has 3 N–H and O–H groups in total. The van der Waals surface area contributed by atoms with E-state index in [1.54, 1.807) is 11.4 Å². The first-order valence-corrected chi connectivity index (χ1v) is 7.80. The Kier molecular flexibility index (Phi) is 5.35. The van der Waals surface area contributed by atoms with Crippen molar-refractivity contribution in [3.63, 3.8) is 0 Å². The van der Waals surface area contributed by atoms with E-state index in [-0.39, 0.29) is 12.5 Å². The van der Waals surface area contributed by atoms with E-state index < -0.39 is 12.1 Å². The predicted molar refractivity (Wildman–Crippen MR) is 84.7 cm³/mol. The summed E-state index contributed by atoms with van der Waals surface area (Å²) in [5.41, 5.74) is 1.39. The van der Waals surface area contributed by atoms with E-state index in [0.717, 1.165) is 9.35 Å². The summed E-state index contributed by atoms with van der Waals surface area (Å²) < 4.78 is 0.868. The van der Waals surface area contributed by atoms with E-state index in [9.17, 15) is 9.59 Å². The van der Waals surface area contributed by atoms with Crippen LogP contribution in [0.15, 0.2) is 45.6 Å². The van der Waals surface area contributed by atoms with Crippen LogP contribution in [0.25, 0.3) is 0 Å². The Hall–Kier alpha value is -1.86. The van der Waals surface area contributed by atoms with Crippen LogP contribution in [0.1, 0.15) is 22.0 Å². The second kappa shape index (κ2) is 7.24. The number of amides is 2. The number of halogens is 1. The first kappa shape index (κ1) is 15.5. The number of carbonyl (C=O) groups is 2. The molecule has 1 aromatic heterocycles. The lowest BCUT2D eigenvalue weighted by Crippen LogP contribution is -2.37. The smallest absolute Gasteiger partial charge is 0.404 e. The molecule has 7 heteroatoms. The zero-order valence-electron chi connectivity index (χ0n) is 10.9. The van der Waals surface area contributed by atoms with Crippen LogP contribution in [-0.2, 0) is 0 Å². The number of hydrogen-bond acceptors (Lipinski definition) is 3. The summed E-state index contributed by atoms with van der Waals surface area (Å²) in [6.45, 7) is 0.108. The lowest BCUT2D eigenvalue weighted by molar-refractivity contribution is 0.0935. The van der Waals surface area contributed by atoms with E-state index >= 15 is 0 Å². The average Bonchev–Trinajstić information content (AvgIpc) is 2.90. The number of benzene rings is 1. The highest BCUT2D eigenvalue weighted by Gasteiger charge is 2.17. The molecule has 0 radical (unpaired) electrons. The molecule has 0 saturated heterocycles. The summed E-state index contributed by atoms with van der Waals surface area (Å²) in [6, 6.07) is 10.5. The van der Waals surface area contributed by atoms with Crippen LogP contribution >= 0.6 is 27.3 Å². The Morgan fingerprint density at radius 3 is 2.57 bits per heavy atom. The van der Waals surface area contributed by atoms with Gasteiger partial charge in [0.25, 0.3) is 5.91 Å². The number of nitrogens with one attached hydrogen (secondary N) is 2. The fourth-order valence-electron chi connectivity index (χ4n) is 1.80. The molecule has 1 unspecified atom stereocenters. The molecule has 0 spiro atoms. The van der Waals surface area contributed by atoms with Crippen molar-refractivity contribution in [2.24, 2.45) is 0 Å². The molecule has 1 heterocycles. The molecular weight excluding hydrogens is 356 g/mol. The van der Waals surface area contributed by atoms with Gasteiger partial charge in [0.15, 0.2) is 0 Å². The van der Waals surface area contributed by atoms with Crippen LogP contribution in [-0.4, -0.2) is 23.7 Å². The van der Waals surface area contributed by atoms with Crippen molar-refractivity contribution in [1.29, 1.82) is 0 Å². The van der Waals surface area contributed by atoms with Gasteiger partial charge < -0.3 is 15.7 Å². The monoisotopic (exact) mass is 368 g/mol. The molecule has 21 heavy (non-hydrogen) atoms. The summed E-state index contributed by atoms with van der Waals surface area (Å²) in [6.07, 6.45) is -1.12. The van der Waals surface area contributed by atoms with Crippen LogP contribution in [0.2, 0.25) is 0 Å². The Bertz CT molecular complexity index is 630. The fourth-order valence-corrected chi connectivity index (χ4v) is 2.93. The van der Waals surface area contributed by atoms with Crippen LogP contribution in [0.4, 0.5) is 4.79 Å². The SMILES string of the molecule is O=C(O)NCC(NC(=O)c1csc(Br)c1)c1ccccc1. The summed E-state index contributed by atoms with van der Waals surface area (Å²) >= 11 is 4.73. The van der Waals surface area contributed by atoms with Gasteiger partial charge in [-0.3, -0.25) is 4.79 Å². The topological polar surface area (TPSA) is 78.4 Å². The number of thiophene rings is 1. The minimum Gasteiger partial charge on any atom is -0.465 e. The second-order valence-corrected chi connectivity index (χ2v) is 6.55. The molecule has 2 amide bonds. The van der Waals surface area contributed by atoms with Gasteiger partial charge in [-0.05, 0) is 27.6 Å². The lowest BCUT2D eigenvalue weighted by atomic mass is 10.1. The fraction of sp³-hybridized carbons (Fsp3) is 0.143. The van der Waals surface area contributed by atoms with Gasteiger partial charge in [-0.2, -0.15) is 0 Å². The summed E-state index contributed by atoms with van der Waals surface area (Å²) in [5, 5.41) is 15.6. The van der Waals surface area contributed by atoms with E-state index in [1.807, 2.05) is 30.3 Å². The molecule has 0 fully saturated rings. The third-order valence-electron chi connectivity index (χ3n) is 2.79. The van der Waals surface area contributed by atoms with Gasteiger partial charge in [0.2, 0.25) is 0 Å². The molecule has 110 valence electrons. The van der Waals surface area contributed by atoms with Gasteiger partial charge in [-0.15, -0.1) is 11.3 Å². The second-order valence-electron chi connectivity index (χ2n) is 4.26. The average molecular weight is 369 g/mol. The quantitative estimate of drug-likeness (QED) is 0.757. The maximum absolute atomic E-state index is 12.2. The number of hydrogen-bond donors (Lipinski definition) is 3. The Morgan fingerprint density at radius 2 is 2.00 bits per heavy atom. The van der Waals surface area contributed by atoms with Gasteiger partial charge in [0, 0.05) is 11.9 Å². The van der Waals surface area contributed by atoms with Crippen molar-refractivity contribution in [3.05, 3.63) is 56.7 Å². The standard InChI is InChI=1S/C14H13BrN2O3S/c15-12-6-10(8-21-12)13(18)17-11(7-16-14(19)20)9-4-2-1-3-5-9/h1-6,8,11,16H,7H2,(H,17,18)(H,19,20). The third kappa shape index (κ3) is 4.57. The van der Waals surface area contributed by atoms with Crippen molar-refractivity contribution < 1.29 is 14.7 Å². The van der Waals surface area contributed by atoms with Crippen molar-refractivity contribution in [2.75, 3.05) is 6.54 Å². The normalized spacial score (nSPS) is 11.7. The van der Waals surface area contributed by atoms with E-state index in [2.05, 4.69) is 26.6 Å². The van der Waals surface area contributed by atoms with Crippen LogP contribution in [0.3, 0.4) is 0 Å².